The van der Waals surface area contributed by atoms with E-state index in [2.05, 4.69) is 20.5 Å². The predicted octanol–water partition coefficient (Wildman–Crippen LogP) is 3.80. The Bertz CT molecular complexity index is 697. The average Bonchev–Trinajstić information content (AvgIpc) is 2.55. The first-order chi connectivity index (χ1) is 10.3. The van der Waals surface area contributed by atoms with Gasteiger partial charge in [0.15, 0.2) is 0 Å². The number of pyridine rings is 1. The fourth-order valence-electron chi connectivity index (χ4n) is 1.90. The van der Waals surface area contributed by atoms with E-state index >= 15 is 0 Å². The maximum absolute atomic E-state index is 5.87. The molecule has 0 atom stereocenters. The van der Waals surface area contributed by atoms with Gasteiger partial charge in [-0.15, -0.1) is 10.2 Å². The zero-order valence-electron chi connectivity index (χ0n) is 11.2. The zero-order chi connectivity index (χ0) is 14.5. The third-order valence-electron chi connectivity index (χ3n) is 3.00. The van der Waals surface area contributed by atoms with E-state index in [1.165, 1.54) is 0 Å². The first kappa shape index (κ1) is 13.5. The van der Waals surface area contributed by atoms with Gasteiger partial charge in [-0.1, -0.05) is 29.8 Å². The fraction of sp³-hybridized carbons (Fsp3) is 0.0625. The third-order valence-corrected chi connectivity index (χ3v) is 3.25. The molecule has 0 saturated heterocycles. The Morgan fingerprint density at radius 1 is 0.952 bits per heavy atom. The maximum Gasteiger partial charge on any atom is 0.148 e. The van der Waals surface area contributed by atoms with Crippen molar-refractivity contribution < 1.29 is 0 Å². The zero-order valence-corrected chi connectivity index (χ0v) is 12.0. The van der Waals surface area contributed by atoms with Crippen LogP contribution in [0.25, 0.3) is 11.3 Å². The van der Waals surface area contributed by atoms with E-state index in [1.54, 1.807) is 6.20 Å². The highest BCUT2D eigenvalue weighted by Gasteiger charge is 2.01. The standard InChI is InChI=1S/C16H13ClN4/c17-14-5-3-13(4-6-14)15-7-8-16(21-20-15)19-11-12-2-1-9-18-10-12/h1-10H,11H2,(H,19,21). The van der Waals surface area contributed by atoms with E-state index in [-0.39, 0.29) is 0 Å². The van der Waals surface area contributed by atoms with Crippen LogP contribution >= 0.6 is 11.6 Å². The van der Waals surface area contributed by atoms with Crippen LogP contribution in [-0.2, 0) is 6.54 Å². The fourth-order valence-corrected chi connectivity index (χ4v) is 2.02. The molecule has 0 aliphatic rings. The number of aromatic nitrogens is 3. The van der Waals surface area contributed by atoms with E-state index in [0.29, 0.717) is 11.6 Å². The van der Waals surface area contributed by atoms with Crippen LogP contribution < -0.4 is 5.32 Å². The molecule has 2 heterocycles. The third kappa shape index (κ3) is 3.55. The van der Waals surface area contributed by atoms with Crippen molar-refractivity contribution in [2.75, 3.05) is 5.32 Å². The summed E-state index contributed by atoms with van der Waals surface area (Å²) in [5.41, 5.74) is 2.91. The summed E-state index contributed by atoms with van der Waals surface area (Å²) in [5.74, 6) is 0.733. The summed E-state index contributed by atoms with van der Waals surface area (Å²) in [7, 11) is 0. The molecule has 1 aromatic carbocycles. The monoisotopic (exact) mass is 296 g/mol. The normalized spacial score (nSPS) is 10.3. The van der Waals surface area contributed by atoms with E-state index < -0.39 is 0 Å². The Balaban J connectivity index is 1.68. The van der Waals surface area contributed by atoms with Gasteiger partial charge in [0.05, 0.1) is 5.69 Å². The lowest BCUT2D eigenvalue weighted by Crippen LogP contribution is -2.02. The quantitative estimate of drug-likeness (QED) is 0.795. The van der Waals surface area contributed by atoms with Gasteiger partial charge in [0.1, 0.15) is 5.82 Å². The van der Waals surface area contributed by atoms with Crippen LogP contribution in [0.1, 0.15) is 5.56 Å². The van der Waals surface area contributed by atoms with Gasteiger partial charge >= 0.3 is 0 Å². The van der Waals surface area contributed by atoms with Crippen LogP contribution in [0.4, 0.5) is 5.82 Å². The molecule has 0 unspecified atom stereocenters. The van der Waals surface area contributed by atoms with Crippen LogP contribution in [-0.4, -0.2) is 15.2 Å². The summed E-state index contributed by atoms with van der Waals surface area (Å²) in [6.45, 7) is 0.669. The van der Waals surface area contributed by atoms with Crippen LogP contribution in [0.15, 0.2) is 60.9 Å². The van der Waals surface area contributed by atoms with E-state index in [1.807, 2.05) is 54.7 Å². The molecule has 3 rings (SSSR count). The number of rotatable bonds is 4. The van der Waals surface area contributed by atoms with Crippen molar-refractivity contribution >= 4 is 17.4 Å². The van der Waals surface area contributed by atoms with Gasteiger partial charge in [-0.2, -0.15) is 0 Å². The molecule has 104 valence electrons. The molecule has 0 fully saturated rings. The molecule has 0 radical (unpaired) electrons. The Kier molecular flexibility index (Phi) is 4.07. The SMILES string of the molecule is Clc1ccc(-c2ccc(NCc3cccnc3)nn2)cc1. The van der Waals surface area contributed by atoms with Crippen LogP contribution in [0.2, 0.25) is 5.02 Å². The first-order valence-electron chi connectivity index (χ1n) is 6.54. The lowest BCUT2D eigenvalue weighted by molar-refractivity contribution is 1.00. The summed E-state index contributed by atoms with van der Waals surface area (Å²) in [6.07, 6.45) is 3.58. The Hall–Kier alpha value is -2.46. The number of nitrogens with zero attached hydrogens (tertiary/aromatic N) is 3. The molecule has 0 spiro atoms. The van der Waals surface area contributed by atoms with Crippen LogP contribution in [0.3, 0.4) is 0 Å². The van der Waals surface area contributed by atoms with Crippen molar-refractivity contribution in [2.45, 2.75) is 6.54 Å². The number of anilines is 1. The van der Waals surface area contributed by atoms with E-state index in [4.69, 9.17) is 11.6 Å². The smallest absolute Gasteiger partial charge is 0.148 e. The van der Waals surface area contributed by atoms with Crippen molar-refractivity contribution in [1.29, 1.82) is 0 Å². The average molecular weight is 297 g/mol. The lowest BCUT2D eigenvalue weighted by Gasteiger charge is -2.05. The first-order valence-corrected chi connectivity index (χ1v) is 6.91. The minimum Gasteiger partial charge on any atom is -0.364 e. The molecule has 0 aliphatic carbocycles. The largest absolute Gasteiger partial charge is 0.364 e. The molecule has 1 N–H and O–H groups in total. The van der Waals surface area contributed by atoms with Crippen molar-refractivity contribution in [3.05, 3.63) is 71.5 Å². The second kappa shape index (κ2) is 6.33. The Morgan fingerprint density at radius 2 is 1.81 bits per heavy atom. The predicted molar refractivity (Wildman–Crippen MR) is 84.0 cm³/mol. The Labute approximate surface area is 127 Å². The lowest BCUT2D eigenvalue weighted by atomic mass is 10.1. The number of hydrogen-bond donors (Lipinski definition) is 1. The summed E-state index contributed by atoms with van der Waals surface area (Å²) in [5, 5.41) is 12.3. The molecule has 4 nitrogen and oxygen atoms in total. The topological polar surface area (TPSA) is 50.7 Å². The van der Waals surface area contributed by atoms with E-state index in [0.717, 1.165) is 22.6 Å². The highest BCUT2D eigenvalue weighted by atomic mass is 35.5. The van der Waals surface area contributed by atoms with Gasteiger partial charge in [-0.05, 0) is 35.9 Å². The van der Waals surface area contributed by atoms with Gasteiger partial charge in [-0.3, -0.25) is 4.98 Å². The van der Waals surface area contributed by atoms with Crippen molar-refractivity contribution in [2.24, 2.45) is 0 Å². The molecule has 21 heavy (non-hydrogen) atoms. The minimum absolute atomic E-state index is 0.669. The molecule has 5 heteroatoms. The number of nitrogens with one attached hydrogen (secondary N) is 1. The second-order valence-corrected chi connectivity index (χ2v) is 4.96. The molecule has 0 amide bonds. The van der Waals surface area contributed by atoms with Gasteiger partial charge in [0.25, 0.3) is 0 Å². The summed E-state index contributed by atoms with van der Waals surface area (Å²) >= 11 is 5.87. The van der Waals surface area contributed by atoms with Crippen molar-refractivity contribution in [1.82, 2.24) is 15.2 Å². The highest BCUT2D eigenvalue weighted by Crippen LogP contribution is 2.19. The molecule has 0 aliphatic heterocycles. The molecule has 2 aromatic heterocycles. The second-order valence-electron chi connectivity index (χ2n) is 4.53. The summed E-state index contributed by atoms with van der Waals surface area (Å²) < 4.78 is 0. The summed E-state index contributed by atoms with van der Waals surface area (Å²) in [4.78, 5) is 4.07. The highest BCUT2D eigenvalue weighted by molar-refractivity contribution is 6.30. The van der Waals surface area contributed by atoms with Gasteiger partial charge in [0, 0.05) is 29.5 Å². The van der Waals surface area contributed by atoms with Gasteiger partial charge < -0.3 is 5.32 Å². The number of benzene rings is 1. The number of halogens is 1. The van der Waals surface area contributed by atoms with Gasteiger partial charge in [0.2, 0.25) is 0 Å². The molecule has 0 saturated carbocycles. The maximum atomic E-state index is 5.87. The Morgan fingerprint density at radius 3 is 2.48 bits per heavy atom. The molecule has 3 aromatic rings. The minimum atomic E-state index is 0.669. The van der Waals surface area contributed by atoms with E-state index in [9.17, 15) is 0 Å². The molecule has 0 bridgehead atoms. The summed E-state index contributed by atoms with van der Waals surface area (Å²) in [6, 6.07) is 15.3. The van der Waals surface area contributed by atoms with Gasteiger partial charge in [-0.25, -0.2) is 0 Å². The van der Waals surface area contributed by atoms with Crippen LogP contribution in [0, 0.1) is 0 Å². The van der Waals surface area contributed by atoms with Crippen molar-refractivity contribution in [3.8, 4) is 11.3 Å². The molecular weight excluding hydrogens is 284 g/mol. The molecular formula is C16H13ClN4. The van der Waals surface area contributed by atoms with Crippen molar-refractivity contribution in [3.63, 3.8) is 0 Å². The van der Waals surface area contributed by atoms with Crippen LogP contribution in [0.5, 0.6) is 0 Å². The number of hydrogen-bond acceptors (Lipinski definition) is 4.